The van der Waals surface area contributed by atoms with E-state index in [9.17, 15) is 4.79 Å². The van der Waals surface area contributed by atoms with Gasteiger partial charge in [0.2, 0.25) is 0 Å². The number of anilines is 1. The summed E-state index contributed by atoms with van der Waals surface area (Å²) in [5.41, 5.74) is 0.445. The first-order valence-corrected chi connectivity index (χ1v) is 8.48. The number of hydrogen-bond acceptors (Lipinski definition) is 5. The Bertz CT molecular complexity index is 748. The minimum atomic E-state index is -0.723. The largest absolute Gasteiger partial charge is 0.495 e. The summed E-state index contributed by atoms with van der Waals surface area (Å²) >= 11 is 6.07. The lowest BCUT2D eigenvalue weighted by Gasteiger charge is -2.17. The molecule has 1 unspecified atom stereocenters. The average molecular weight is 380 g/mol. The van der Waals surface area contributed by atoms with Gasteiger partial charge < -0.3 is 24.3 Å². The molecule has 7 heteroatoms. The van der Waals surface area contributed by atoms with Gasteiger partial charge in [0.05, 0.1) is 31.5 Å². The second-order valence-electron chi connectivity index (χ2n) is 5.34. The molecule has 26 heavy (non-hydrogen) atoms. The molecule has 0 fully saturated rings. The second-order valence-corrected chi connectivity index (χ2v) is 5.75. The molecule has 0 bridgehead atoms. The normalized spacial score (nSPS) is 11.4. The minimum absolute atomic E-state index is 0.332. The number of rotatable bonds is 8. The van der Waals surface area contributed by atoms with Crippen LogP contribution in [-0.2, 0) is 4.79 Å². The van der Waals surface area contributed by atoms with Crippen LogP contribution in [0.4, 0.5) is 5.69 Å². The number of carbonyl (C=O) groups is 1. The van der Waals surface area contributed by atoms with Gasteiger partial charge in [-0.25, -0.2) is 0 Å². The monoisotopic (exact) mass is 379 g/mol. The van der Waals surface area contributed by atoms with E-state index in [4.69, 9.17) is 30.5 Å². The van der Waals surface area contributed by atoms with Crippen molar-refractivity contribution in [3.63, 3.8) is 0 Å². The maximum atomic E-state index is 12.4. The van der Waals surface area contributed by atoms with Gasteiger partial charge in [0.15, 0.2) is 6.10 Å². The molecule has 0 saturated heterocycles. The average Bonchev–Trinajstić information content (AvgIpc) is 2.64. The fourth-order valence-electron chi connectivity index (χ4n) is 2.23. The van der Waals surface area contributed by atoms with E-state index in [1.807, 2.05) is 6.92 Å². The minimum Gasteiger partial charge on any atom is -0.495 e. The van der Waals surface area contributed by atoms with Crippen LogP contribution in [-0.4, -0.2) is 32.8 Å². The van der Waals surface area contributed by atoms with Crippen LogP contribution in [0.25, 0.3) is 0 Å². The van der Waals surface area contributed by atoms with Crippen molar-refractivity contribution < 1.29 is 23.7 Å². The molecule has 1 amide bonds. The molecule has 2 aromatic carbocycles. The summed E-state index contributed by atoms with van der Waals surface area (Å²) in [4.78, 5) is 12.4. The van der Waals surface area contributed by atoms with Crippen molar-refractivity contribution in [3.05, 3.63) is 41.4 Å². The highest BCUT2D eigenvalue weighted by molar-refractivity contribution is 6.32. The Balaban J connectivity index is 2.06. The highest BCUT2D eigenvalue weighted by Crippen LogP contribution is 2.36. The molecule has 2 aromatic rings. The van der Waals surface area contributed by atoms with E-state index in [-0.39, 0.29) is 5.91 Å². The van der Waals surface area contributed by atoms with Gasteiger partial charge >= 0.3 is 0 Å². The van der Waals surface area contributed by atoms with Crippen molar-refractivity contribution in [3.8, 4) is 23.0 Å². The van der Waals surface area contributed by atoms with E-state index in [0.717, 1.165) is 5.75 Å². The van der Waals surface area contributed by atoms with E-state index in [0.29, 0.717) is 34.6 Å². The fourth-order valence-corrected chi connectivity index (χ4v) is 2.46. The van der Waals surface area contributed by atoms with Gasteiger partial charge in [-0.1, -0.05) is 11.6 Å². The van der Waals surface area contributed by atoms with Crippen molar-refractivity contribution in [2.24, 2.45) is 0 Å². The highest BCUT2D eigenvalue weighted by Gasteiger charge is 2.18. The first-order chi connectivity index (χ1) is 12.5. The summed E-state index contributed by atoms with van der Waals surface area (Å²) in [5.74, 6) is 1.84. The zero-order chi connectivity index (χ0) is 19.1. The van der Waals surface area contributed by atoms with Gasteiger partial charge in [0.1, 0.15) is 23.0 Å². The Morgan fingerprint density at radius 3 is 2.27 bits per heavy atom. The van der Waals surface area contributed by atoms with Crippen molar-refractivity contribution >= 4 is 23.2 Å². The van der Waals surface area contributed by atoms with E-state index in [1.54, 1.807) is 43.3 Å². The molecule has 0 heterocycles. The van der Waals surface area contributed by atoms with E-state index in [1.165, 1.54) is 14.2 Å². The van der Waals surface area contributed by atoms with Crippen molar-refractivity contribution in [1.82, 2.24) is 0 Å². The lowest BCUT2D eigenvalue weighted by atomic mass is 10.2. The molecule has 0 spiro atoms. The molecule has 0 aliphatic rings. The molecule has 1 N–H and O–H groups in total. The topological polar surface area (TPSA) is 66.0 Å². The quantitative estimate of drug-likeness (QED) is 0.745. The summed E-state index contributed by atoms with van der Waals surface area (Å²) in [6, 6.07) is 10.3. The maximum absolute atomic E-state index is 12.4. The third kappa shape index (κ3) is 4.95. The van der Waals surface area contributed by atoms with Crippen LogP contribution in [0, 0.1) is 0 Å². The molecule has 0 aromatic heterocycles. The summed E-state index contributed by atoms with van der Waals surface area (Å²) in [6.45, 7) is 4.16. The van der Waals surface area contributed by atoms with Gasteiger partial charge in [-0.2, -0.15) is 0 Å². The number of ether oxygens (including phenoxy) is 4. The summed E-state index contributed by atoms with van der Waals surface area (Å²) in [5, 5.41) is 3.15. The van der Waals surface area contributed by atoms with Crippen molar-refractivity contribution in [2.45, 2.75) is 20.0 Å². The second kappa shape index (κ2) is 9.20. The third-order valence-electron chi connectivity index (χ3n) is 3.55. The number of nitrogens with one attached hydrogen (secondary N) is 1. The SMILES string of the molecule is CCOc1ccc(OC(C)C(=O)Nc2cc(OC)c(Cl)cc2OC)cc1. The molecule has 1 atom stereocenters. The summed E-state index contributed by atoms with van der Waals surface area (Å²) < 4.78 is 21.5. The first kappa shape index (κ1) is 19.7. The zero-order valence-electron chi connectivity index (χ0n) is 15.2. The lowest BCUT2D eigenvalue weighted by molar-refractivity contribution is -0.122. The summed E-state index contributed by atoms with van der Waals surface area (Å²) in [6.07, 6.45) is -0.723. The van der Waals surface area contributed by atoms with Gasteiger partial charge in [0.25, 0.3) is 5.91 Å². The molecule has 0 aliphatic carbocycles. The fraction of sp³-hybridized carbons (Fsp3) is 0.316. The molecular weight excluding hydrogens is 358 g/mol. The van der Waals surface area contributed by atoms with Crippen LogP contribution < -0.4 is 24.3 Å². The molecule has 0 radical (unpaired) electrons. The van der Waals surface area contributed by atoms with E-state index < -0.39 is 6.10 Å². The molecule has 140 valence electrons. The standard InChI is InChI=1S/C19H22ClNO5/c1-5-25-13-6-8-14(9-7-13)26-12(2)19(22)21-16-11-17(23-3)15(20)10-18(16)24-4/h6-12H,5H2,1-4H3,(H,21,22). The number of amides is 1. The van der Waals surface area contributed by atoms with Crippen LogP contribution >= 0.6 is 11.6 Å². The summed E-state index contributed by atoms with van der Waals surface area (Å²) in [7, 11) is 2.99. The third-order valence-corrected chi connectivity index (χ3v) is 3.84. The molecule has 6 nitrogen and oxygen atoms in total. The number of methoxy groups -OCH3 is 2. The van der Waals surface area contributed by atoms with Crippen LogP contribution in [0.5, 0.6) is 23.0 Å². The number of hydrogen-bond donors (Lipinski definition) is 1. The Labute approximate surface area is 158 Å². The molecule has 0 aliphatic heterocycles. The Hall–Kier alpha value is -2.60. The van der Waals surface area contributed by atoms with E-state index in [2.05, 4.69) is 5.32 Å². The van der Waals surface area contributed by atoms with Gasteiger partial charge in [0, 0.05) is 12.1 Å². The zero-order valence-corrected chi connectivity index (χ0v) is 15.9. The van der Waals surface area contributed by atoms with Crippen LogP contribution in [0.3, 0.4) is 0 Å². The molecule has 0 saturated carbocycles. The first-order valence-electron chi connectivity index (χ1n) is 8.10. The van der Waals surface area contributed by atoms with Gasteiger partial charge in [-0.15, -0.1) is 0 Å². The molecule has 2 rings (SSSR count). The van der Waals surface area contributed by atoms with Crippen LogP contribution in [0.1, 0.15) is 13.8 Å². The Morgan fingerprint density at radius 1 is 1.08 bits per heavy atom. The van der Waals surface area contributed by atoms with Crippen molar-refractivity contribution in [1.29, 1.82) is 0 Å². The van der Waals surface area contributed by atoms with E-state index >= 15 is 0 Å². The van der Waals surface area contributed by atoms with Gasteiger partial charge in [-0.3, -0.25) is 4.79 Å². The number of halogens is 1. The number of benzene rings is 2. The smallest absolute Gasteiger partial charge is 0.265 e. The highest BCUT2D eigenvalue weighted by atomic mass is 35.5. The predicted octanol–water partition coefficient (Wildman–Crippen LogP) is 4.16. The predicted molar refractivity (Wildman–Crippen MR) is 101 cm³/mol. The lowest BCUT2D eigenvalue weighted by Crippen LogP contribution is -2.30. The maximum Gasteiger partial charge on any atom is 0.265 e. The van der Waals surface area contributed by atoms with Crippen LogP contribution in [0.15, 0.2) is 36.4 Å². The molecular formula is C19H22ClNO5. The Kier molecular flexibility index (Phi) is 6.97. The van der Waals surface area contributed by atoms with Crippen molar-refractivity contribution in [2.75, 3.05) is 26.1 Å². The van der Waals surface area contributed by atoms with Crippen LogP contribution in [0.2, 0.25) is 5.02 Å². The van der Waals surface area contributed by atoms with Gasteiger partial charge in [-0.05, 0) is 38.1 Å². The number of carbonyl (C=O) groups excluding carboxylic acids is 1. The Morgan fingerprint density at radius 2 is 1.69 bits per heavy atom.